The second kappa shape index (κ2) is 8.99. The van der Waals surface area contributed by atoms with E-state index < -0.39 is 17.5 Å². The Morgan fingerprint density at radius 3 is 2.46 bits per heavy atom. The van der Waals surface area contributed by atoms with Crippen LogP contribution in [0, 0.1) is 11.6 Å². The highest BCUT2D eigenvalue weighted by Crippen LogP contribution is 2.29. The molecule has 1 amide bonds. The molecule has 0 aromatic heterocycles. The highest BCUT2D eigenvalue weighted by Gasteiger charge is 2.13. The summed E-state index contributed by atoms with van der Waals surface area (Å²) < 4.78 is 38.1. The lowest BCUT2D eigenvalue weighted by Gasteiger charge is -2.13. The summed E-state index contributed by atoms with van der Waals surface area (Å²) in [5.74, 6) is -1.06. The first-order valence-corrected chi connectivity index (χ1v) is 8.63. The van der Waals surface area contributed by atoms with E-state index in [2.05, 4.69) is 5.32 Å². The topological polar surface area (TPSA) is 47.6 Å². The predicted octanol–water partition coefficient (Wildman–Crippen LogP) is 4.48. The molecule has 0 spiro atoms. The molecule has 0 fully saturated rings. The van der Waals surface area contributed by atoms with Crippen molar-refractivity contribution in [2.45, 2.75) is 13.2 Å². The van der Waals surface area contributed by atoms with Crippen molar-refractivity contribution >= 4 is 5.91 Å². The third-order valence-electron chi connectivity index (χ3n) is 4.09. The lowest BCUT2D eigenvalue weighted by atomic mass is 10.1. The number of carbonyl (C=O) groups is 1. The molecule has 0 aliphatic heterocycles. The quantitative estimate of drug-likeness (QED) is 0.654. The van der Waals surface area contributed by atoms with E-state index >= 15 is 0 Å². The van der Waals surface area contributed by atoms with Gasteiger partial charge in [-0.15, -0.1) is 0 Å². The minimum atomic E-state index is -0.777. The van der Waals surface area contributed by atoms with Crippen LogP contribution in [0.2, 0.25) is 0 Å². The second-order valence-electron chi connectivity index (χ2n) is 6.07. The van der Waals surface area contributed by atoms with Gasteiger partial charge < -0.3 is 14.8 Å². The average Bonchev–Trinajstić information content (AvgIpc) is 2.73. The summed E-state index contributed by atoms with van der Waals surface area (Å²) in [7, 11) is 1.52. The fraction of sp³-hybridized carbons (Fsp3) is 0.136. The van der Waals surface area contributed by atoms with Crippen LogP contribution in [0.4, 0.5) is 8.78 Å². The van der Waals surface area contributed by atoms with Gasteiger partial charge in [-0.25, -0.2) is 8.78 Å². The predicted molar refractivity (Wildman–Crippen MR) is 101 cm³/mol. The Bertz CT molecular complexity index is 961. The van der Waals surface area contributed by atoms with Crippen molar-refractivity contribution in [3.63, 3.8) is 0 Å². The van der Waals surface area contributed by atoms with Gasteiger partial charge in [-0.1, -0.05) is 36.4 Å². The van der Waals surface area contributed by atoms with Gasteiger partial charge in [-0.3, -0.25) is 4.79 Å². The molecule has 0 bridgehead atoms. The summed E-state index contributed by atoms with van der Waals surface area (Å²) in [4.78, 5) is 12.1. The molecule has 0 saturated heterocycles. The summed E-state index contributed by atoms with van der Waals surface area (Å²) >= 11 is 0. The number of hydrogen-bond acceptors (Lipinski definition) is 3. The maximum Gasteiger partial charge on any atom is 0.254 e. The molecule has 0 aliphatic rings. The number of benzene rings is 3. The number of methoxy groups -OCH3 is 1. The molecule has 1 N–H and O–H groups in total. The molecule has 0 unspecified atom stereocenters. The third kappa shape index (κ3) is 4.85. The van der Waals surface area contributed by atoms with Gasteiger partial charge >= 0.3 is 0 Å². The van der Waals surface area contributed by atoms with Crippen LogP contribution in [0.25, 0.3) is 0 Å². The van der Waals surface area contributed by atoms with E-state index in [1.165, 1.54) is 7.11 Å². The molecule has 0 heterocycles. The molecule has 3 aromatic rings. The molecular formula is C22H19F2NO3. The van der Waals surface area contributed by atoms with E-state index in [1.807, 2.05) is 30.3 Å². The summed E-state index contributed by atoms with van der Waals surface area (Å²) in [6.07, 6.45) is 0. The Balaban J connectivity index is 1.64. The normalized spacial score (nSPS) is 10.4. The van der Waals surface area contributed by atoms with Crippen LogP contribution >= 0.6 is 0 Å². The van der Waals surface area contributed by atoms with Crippen LogP contribution in [-0.4, -0.2) is 13.0 Å². The number of halogens is 2. The van der Waals surface area contributed by atoms with Crippen molar-refractivity contribution in [1.82, 2.24) is 5.32 Å². The Labute approximate surface area is 161 Å². The molecule has 28 heavy (non-hydrogen) atoms. The van der Waals surface area contributed by atoms with Gasteiger partial charge in [0.1, 0.15) is 18.2 Å². The van der Waals surface area contributed by atoms with Crippen LogP contribution < -0.4 is 14.8 Å². The van der Waals surface area contributed by atoms with Gasteiger partial charge in [0.2, 0.25) is 0 Å². The highest BCUT2D eigenvalue weighted by molar-refractivity contribution is 5.94. The Morgan fingerprint density at radius 1 is 0.929 bits per heavy atom. The zero-order chi connectivity index (χ0) is 19.9. The van der Waals surface area contributed by atoms with Crippen LogP contribution in [-0.2, 0) is 13.2 Å². The molecular weight excluding hydrogens is 364 g/mol. The molecule has 0 saturated carbocycles. The van der Waals surface area contributed by atoms with E-state index in [9.17, 15) is 13.6 Å². The van der Waals surface area contributed by atoms with Crippen LogP contribution in [0.1, 0.15) is 21.5 Å². The Hall–Kier alpha value is -3.41. The largest absolute Gasteiger partial charge is 0.493 e. The van der Waals surface area contributed by atoms with Crippen LogP contribution in [0.15, 0.2) is 66.7 Å². The number of rotatable bonds is 7. The summed E-state index contributed by atoms with van der Waals surface area (Å²) in [6, 6.07) is 17.7. The van der Waals surface area contributed by atoms with Gasteiger partial charge in [-0.05, 0) is 41.5 Å². The zero-order valence-electron chi connectivity index (χ0n) is 15.2. The number of ether oxygens (including phenoxy) is 2. The molecule has 4 nitrogen and oxygen atoms in total. The van der Waals surface area contributed by atoms with Crippen LogP contribution in [0.3, 0.4) is 0 Å². The van der Waals surface area contributed by atoms with Gasteiger partial charge in [0.15, 0.2) is 11.5 Å². The molecule has 3 aromatic carbocycles. The standard InChI is InChI=1S/C22H19F2NO3/c1-27-21-11-16(7-10-20(21)28-14-15-5-3-2-4-6-15)13-25-22(26)18-12-17(23)8-9-19(18)24/h2-12H,13-14H2,1H3,(H,25,26). The van der Waals surface area contributed by atoms with Crippen molar-refractivity contribution in [1.29, 1.82) is 0 Å². The first-order chi connectivity index (χ1) is 13.6. The van der Waals surface area contributed by atoms with Crippen molar-refractivity contribution in [3.8, 4) is 11.5 Å². The fourth-order valence-corrected chi connectivity index (χ4v) is 2.63. The minimum absolute atomic E-state index is 0.129. The molecule has 3 rings (SSSR count). The van der Waals surface area contributed by atoms with E-state index in [0.717, 1.165) is 29.3 Å². The first kappa shape index (κ1) is 19.4. The van der Waals surface area contributed by atoms with E-state index in [4.69, 9.17) is 9.47 Å². The average molecular weight is 383 g/mol. The maximum absolute atomic E-state index is 13.7. The lowest BCUT2D eigenvalue weighted by Crippen LogP contribution is -2.24. The first-order valence-electron chi connectivity index (χ1n) is 8.63. The second-order valence-corrected chi connectivity index (χ2v) is 6.07. The maximum atomic E-state index is 13.7. The molecule has 6 heteroatoms. The van der Waals surface area contributed by atoms with E-state index in [-0.39, 0.29) is 12.1 Å². The van der Waals surface area contributed by atoms with E-state index in [1.54, 1.807) is 18.2 Å². The number of nitrogens with one attached hydrogen (secondary N) is 1. The minimum Gasteiger partial charge on any atom is -0.493 e. The fourth-order valence-electron chi connectivity index (χ4n) is 2.63. The third-order valence-corrected chi connectivity index (χ3v) is 4.09. The van der Waals surface area contributed by atoms with Gasteiger partial charge in [0.25, 0.3) is 5.91 Å². The molecule has 144 valence electrons. The van der Waals surface area contributed by atoms with Crippen LogP contribution in [0.5, 0.6) is 11.5 Å². The molecule has 0 radical (unpaired) electrons. The van der Waals surface area contributed by atoms with Gasteiger partial charge in [0, 0.05) is 6.54 Å². The van der Waals surface area contributed by atoms with Crippen molar-refractivity contribution in [2.24, 2.45) is 0 Å². The number of hydrogen-bond donors (Lipinski definition) is 1. The monoisotopic (exact) mass is 383 g/mol. The summed E-state index contributed by atoms with van der Waals surface area (Å²) in [5.41, 5.74) is 1.42. The Kier molecular flexibility index (Phi) is 6.22. The van der Waals surface area contributed by atoms with Crippen molar-refractivity contribution in [3.05, 3.63) is 95.1 Å². The van der Waals surface area contributed by atoms with Gasteiger partial charge in [-0.2, -0.15) is 0 Å². The van der Waals surface area contributed by atoms with Gasteiger partial charge in [0.05, 0.1) is 12.7 Å². The highest BCUT2D eigenvalue weighted by atomic mass is 19.1. The smallest absolute Gasteiger partial charge is 0.254 e. The number of amides is 1. The van der Waals surface area contributed by atoms with E-state index in [0.29, 0.717) is 18.1 Å². The molecule has 0 atom stereocenters. The van der Waals surface area contributed by atoms with Crippen molar-refractivity contribution in [2.75, 3.05) is 7.11 Å². The van der Waals surface area contributed by atoms with Crippen molar-refractivity contribution < 1.29 is 23.0 Å². The molecule has 0 aliphatic carbocycles. The summed E-state index contributed by atoms with van der Waals surface area (Å²) in [5, 5.41) is 2.57. The zero-order valence-corrected chi connectivity index (χ0v) is 15.2. The number of carbonyl (C=O) groups excluding carboxylic acids is 1. The SMILES string of the molecule is COc1cc(CNC(=O)c2cc(F)ccc2F)ccc1OCc1ccccc1. The summed E-state index contributed by atoms with van der Waals surface area (Å²) in [6.45, 7) is 0.524. The Morgan fingerprint density at radius 2 is 1.71 bits per heavy atom. The lowest BCUT2D eigenvalue weighted by molar-refractivity contribution is 0.0946.